The van der Waals surface area contributed by atoms with Crippen molar-refractivity contribution in [2.75, 3.05) is 20.6 Å². The van der Waals surface area contributed by atoms with Gasteiger partial charge in [0.1, 0.15) is 4.88 Å². The summed E-state index contributed by atoms with van der Waals surface area (Å²) in [6.45, 7) is 0.575. The first-order chi connectivity index (χ1) is 12.1. The Kier molecular flexibility index (Phi) is 5.74. The summed E-state index contributed by atoms with van der Waals surface area (Å²) in [5.74, 6) is -0.105. The van der Waals surface area contributed by atoms with E-state index in [2.05, 4.69) is 22.3 Å². The van der Waals surface area contributed by atoms with Crippen LogP contribution in [0.5, 0.6) is 0 Å². The first-order valence-electron chi connectivity index (χ1n) is 8.22. The number of thiophene rings is 1. The molecule has 1 heterocycles. The average molecular weight is 373 g/mol. The highest BCUT2D eigenvalue weighted by atomic mass is 35.5. The molecule has 1 aromatic heterocycles. The van der Waals surface area contributed by atoms with E-state index in [4.69, 9.17) is 11.6 Å². The van der Waals surface area contributed by atoms with E-state index >= 15 is 0 Å². The van der Waals surface area contributed by atoms with Crippen LogP contribution in [-0.4, -0.2) is 37.5 Å². The lowest BCUT2D eigenvalue weighted by molar-refractivity contribution is 0.0946. The molecule has 0 spiro atoms. The highest BCUT2D eigenvalue weighted by Crippen LogP contribution is 2.34. The molecule has 0 saturated heterocycles. The molecule has 0 bridgehead atoms. The Morgan fingerprint density at radius 1 is 1.12 bits per heavy atom. The van der Waals surface area contributed by atoms with Crippen LogP contribution in [0.1, 0.15) is 15.2 Å². The summed E-state index contributed by atoms with van der Waals surface area (Å²) in [4.78, 5) is 15.3. The molecule has 1 N–H and O–H groups in total. The minimum absolute atomic E-state index is 0.105. The standard InChI is InChI=1S/C20H21ClN2OS/c1-23(2)15(12-14-8-4-3-5-9-14)13-22-20(24)19-18(21)16-10-6-7-11-17(16)25-19/h3-11,15H,12-13H2,1-2H3,(H,22,24). The van der Waals surface area contributed by atoms with Crippen molar-refractivity contribution in [2.45, 2.75) is 12.5 Å². The predicted molar refractivity (Wildman–Crippen MR) is 107 cm³/mol. The molecule has 1 amide bonds. The summed E-state index contributed by atoms with van der Waals surface area (Å²) >= 11 is 7.84. The molecule has 3 aromatic rings. The number of hydrogen-bond donors (Lipinski definition) is 1. The predicted octanol–water partition coefficient (Wildman–Crippen LogP) is 4.46. The molecular weight excluding hydrogens is 352 g/mol. The molecule has 0 aliphatic rings. The molecule has 0 saturated carbocycles. The third-order valence-electron chi connectivity index (χ3n) is 4.28. The van der Waals surface area contributed by atoms with E-state index in [0.717, 1.165) is 16.5 Å². The van der Waals surface area contributed by atoms with Gasteiger partial charge in [-0.1, -0.05) is 60.1 Å². The number of halogens is 1. The molecule has 3 rings (SSSR count). The molecule has 0 radical (unpaired) electrons. The molecule has 0 fully saturated rings. The Morgan fingerprint density at radius 3 is 2.48 bits per heavy atom. The second-order valence-electron chi connectivity index (χ2n) is 6.26. The van der Waals surface area contributed by atoms with E-state index in [0.29, 0.717) is 16.4 Å². The largest absolute Gasteiger partial charge is 0.350 e. The Morgan fingerprint density at radius 2 is 1.80 bits per heavy atom. The zero-order valence-electron chi connectivity index (χ0n) is 14.3. The van der Waals surface area contributed by atoms with E-state index in [1.807, 2.05) is 56.6 Å². The number of nitrogens with zero attached hydrogens (tertiary/aromatic N) is 1. The van der Waals surface area contributed by atoms with Crippen LogP contribution in [0, 0.1) is 0 Å². The van der Waals surface area contributed by atoms with Crippen LogP contribution in [0.15, 0.2) is 54.6 Å². The van der Waals surface area contributed by atoms with Crippen LogP contribution < -0.4 is 5.32 Å². The number of amides is 1. The van der Waals surface area contributed by atoms with E-state index < -0.39 is 0 Å². The summed E-state index contributed by atoms with van der Waals surface area (Å²) in [5, 5.41) is 4.53. The summed E-state index contributed by atoms with van der Waals surface area (Å²) in [7, 11) is 4.07. The Labute approximate surface area is 157 Å². The molecule has 0 aliphatic heterocycles. The lowest BCUT2D eigenvalue weighted by Crippen LogP contribution is -2.41. The van der Waals surface area contributed by atoms with Crippen LogP contribution >= 0.6 is 22.9 Å². The average Bonchev–Trinajstić information content (AvgIpc) is 2.96. The number of rotatable bonds is 6. The number of likely N-dealkylation sites (N-methyl/N-ethyl adjacent to an activating group) is 1. The van der Waals surface area contributed by atoms with Crippen LogP contribution in [0.3, 0.4) is 0 Å². The maximum Gasteiger partial charge on any atom is 0.262 e. The van der Waals surface area contributed by atoms with Gasteiger partial charge >= 0.3 is 0 Å². The highest BCUT2D eigenvalue weighted by Gasteiger charge is 2.19. The molecule has 1 unspecified atom stereocenters. The van der Waals surface area contributed by atoms with Crippen molar-refractivity contribution in [3.8, 4) is 0 Å². The Bertz CT molecular complexity index is 861. The first kappa shape index (κ1) is 17.9. The van der Waals surface area contributed by atoms with Gasteiger partial charge in [0.25, 0.3) is 5.91 Å². The van der Waals surface area contributed by atoms with Gasteiger partial charge in [0, 0.05) is 22.7 Å². The Hall–Kier alpha value is -1.88. The van der Waals surface area contributed by atoms with Gasteiger partial charge in [-0.25, -0.2) is 0 Å². The Balaban J connectivity index is 1.69. The second-order valence-corrected chi connectivity index (χ2v) is 7.69. The van der Waals surface area contributed by atoms with Crippen molar-refractivity contribution >= 4 is 38.9 Å². The van der Waals surface area contributed by atoms with Gasteiger partial charge in [-0.15, -0.1) is 11.3 Å². The van der Waals surface area contributed by atoms with Crippen LogP contribution in [-0.2, 0) is 6.42 Å². The molecular formula is C20H21ClN2OS. The highest BCUT2D eigenvalue weighted by molar-refractivity contribution is 7.21. The zero-order valence-corrected chi connectivity index (χ0v) is 15.9. The minimum atomic E-state index is -0.105. The first-order valence-corrected chi connectivity index (χ1v) is 9.41. The molecule has 25 heavy (non-hydrogen) atoms. The molecule has 130 valence electrons. The second kappa shape index (κ2) is 8.00. The van der Waals surface area contributed by atoms with Crippen LogP contribution in [0.4, 0.5) is 0 Å². The van der Waals surface area contributed by atoms with Crippen LogP contribution in [0.2, 0.25) is 5.02 Å². The third kappa shape index (κ3) is 4.21. The third-order valence-corrected chi connectivity index (χ3v) is 5.96. The fraction of sp³-hybridized carbons (Fsp3) is 0.250. The number of nitrogens with one attached hydrogen (secondary N) is 1. The van der Waals surface area contributed by atoms with Gasteiger partial charge in [0.05, 0.1) is 5.02 Å². The van der Waals surface area contributed by atoms with Crippen molar-refractivity contribution < 1.29 is 4.79 Å². The number of benzene rings is 2. The monoisotopic (exact) mass is 372 g/mol. The lowest BCUT2D eigenvalue weighted by Gasteiger charge is -2.24. The summed E-state index contributed by atoms with van der Waals surface area (Å²) in [5.41, 5.74) is 1.26. The number of carbonyl (C=O) groups excluding carboxylic acids is 1. The molecule has 0 aliphatic carbocycles. The number of hydrogen-bond acceptors (Lipinski definition) is 3. The summed E-state index contributed by atoms with van der Waals surface area (Å²) in [6, 6.07) is 18.4. The summed E-state index contributed by atoms with van der Waals surface area (Å²) in [6.07, 6.45) is 0.883. The summed E-state index contributed by atoms with van der Waals surface area (Å²) < 4.78 is 1.03. The van der Waals surface area contributed by atoms with Gasteiger partial charge in [0.2, 0.25) is 0 Å². The van der Waals surface area contributed by atoms with Crippen molar-refractivity contribution in [3.05, 3.63) is 70.1 Å². The number of carbonyl (C=O) groups is 1. The van der Waals surface area contributed by atoms with Gasteiger partial charge in [-0.3, -0.25) is 4.79 Å². The molecule has 3 nitrogen and oxygen atoms in total. The van der Waals surface area contributed by atoms with Crippen molar-refractivity contribution in [2.24, 2.45) is 0 Å². The van der Waals surface area contributed by atoms with Crippen LogP contribution in [0.25, 0.3) is 10.1 Å². The fourth-order valence-corrected chi connectivity index (χ4v) is 4.21. The van der Waals surface area contributed by atoms with Gasteiger partial charge in [-0.05, 0) is 32.1 Å². The molecule has 1 atom stereocenters. The van der Waals surface area contributed by atoms with Gasteiger partial charge in [0.15, 0.2) is 0 Å². The van der Waals surface area contributed by atoms with Gasteiger partial charge < -0.3 is 10.2 Å². The molecule has 2 aromatic carbocycles. The maximum absolute atomic E-state index is 12.6. The SMILES string of the molecule is CN(C)C(CNC(=O)c1sc2ccccc2c1Cl)Cc1ccccc1. The molecule has 5 heteroatoms. The van der Waals surface area contributed by atoms with E-state index in [9.17, 15) is 4.79 Å². The smallest absolute Gasteiger partial charge is 0.262 e. The van der Waals surface area contributed by atoms with Crippen molar-refractivity contribution in [1.82, 2.24) is 10.2 Å². The van der Waals surface area contributed by atoms with E-state index in [1.165, 1.54) is 16.9 Å². The fourth-order valence-electron chi connectivity index (χ4n) is 2.77. The van der Waals surface area contributed by atoms with E-state index in [1.54, 1.807) is 0 Å². The van der Waals surface area contributed by atoms with Gasteiger partial charge in [-0.2, -0.15) is 0 Å². The van der Waals surface area contributed by atoms with E-state index in [-0.39, 0.29) is 11.9 Å². The number of fused-ring (bicyclic) bond motifs is 1. The quantitative estimate of drug-likeness (QED) is 0.693. The maximum atomic E-state index is 12.6. The topological polar surface area (TPSA) is 32.3 Å². The normalized spacial score (nSPS) is 12.5. The minimum Gasteiger partial charge on any atom is -0.350 e. The lowest BCUT2D eigenvalue weighted by atomic mass is 10.1. The van der Waals surface area contributed by atoms with Crippen molar-refractivity contribution in [1.29, 1.82) is 0 Å². The zero-order chi connectivity index (χ0) is 17.8. The van der Waals surface area contributed by atoms with Crippen molar-refractivity contribution in [3.63, 3.8) is 0 Å².